The number of carbonyl (C=O) groups excluding carboxylic acids is 1. The third-order valence-corrected chi connectivity index (χ3v) is 5.71. The van der Waals surface area contributed by atoms with Crippen molar-refractivity contribution >= 4 is 21.6 Å². The van der Waals surface area contributed by atoms with Gasteiger partial charge in [-0.3, -0.25) is 9.52 Å². The van der Waals surface area contributed by atoms with Crippen molar-refractivity contribution < 1.29 is 17.6 Å². The molecular formula is C22H18FN3O3S. The second-order valence-electron chi connectivity index (χ2n) is 6.56. The Morgan fingerprint density at radius 3 is 2.40 bits per heavy atom. The average molecular weight is 423 g/mol. The Bertz CT molecular complexity index is 1220. The molecule has 30 heavy (non-hydrogen) atoms. The lowest BCUT2D eigenvalue weighted by atomic mass is 10.1. The van der Waals surface area contributed by atoms with E-state index in [1.165, 1.54) is 42.5 Å². The molecule has 1 atom stereocenters. The van der Waals surface area contributed by atoms with Gasteiger partial charge in [-0.25, -0.2) is 12.8 Å². The van der Waals surface area contributed by atoms with E-state index in [0.29, 0.717) is 5.69 Å². The predicted molar refractivity (Wildman–Crippen MR) is 111 cm³/mol. The van der Waals surface area contributed by atoms with E-state index in [2.05, 4.69) is 10.0 Å². The molecule has 0 radical (unpaired) electrons. The van der Waals surface area contributed by atoms with E-state index in [-0.39, 0.29) is 16.0 Å². The molecule has 0 heterocycles. The number of sulfonamides is 1. The second kappa shape index (κ2) is 8.76. The van der Waals surface area contributed by atoms with Gasteiger partial charge in [-0.15, -0.1) is 0 Å². The van der Waals surface area contributed by atoms with Crippen LogP contribution in [0.3, 0.4) is 0 Å². The molecule has 0 fully saturated rings. The maximum atomic E-state index is 13.9. The van der Waals surface area contributed by atoms with Crippen LogP contribution in [0, 0.1) is 24.1 Å². The number of nitrogens with zero attached hydrogens (tertiary/aromatic N) is 1. The van der Waals surface area contributed by atoms with E-state index in [0.717, 1.165) is 5.56 Å². The SMILES string of the molecule is Cc1ccc(NS(=O)(=O)c2cccc(C(=O)NC(C#N)c3ccccc3F)c2)cc1. The number of carbonyl (C=O) groups is 1. The highest BCUT2D eigenvalue weighted by atomic mass is 32.2. The minimum atomic E-state index is -3.93. The zero-order valence-electron chi connectivity index (χ0n) is 16.0. The third kappa shape index (κ3) is 4.82. The van der Waals surface area contributed by atoms with Crippen molar-refractivity contribution in [3.8, 4) is 6.07 Å². The minimum Gasteiger partial charge on any atom is -0.332 e. The van der Waals surface area contributed by atoms with Crippen LogP contribution < -0.4 is 10.0 Å². The number of benzene rings is 3. The molecule has 0 aromatic heterocycles. The summed E-state index contributed by atoms with van der Waals surface area (Å²) in [4.78, 5) is 12.5. The molecular weight excluding hydrogens is 405 g/mol. The molecule has 3 aromatic rings. The van der Waals surface area contributed by atoms with E-state index < -0.39 is 27.8 Å². The van der Waals surface area contributed by atoms with Gasteiger partial charge in [0.25, 0.3) is 15.9 Å². The Kier molecular flexibility index (Phi) is 6.14. The molecule has 0 saturated carbocycles. The summed E-state index contributed by atoms with van der Waals surface area (Å²) in [5.74, 6) is -1.32. The number of hydrogen-bond donors (Lipinski definition) is 2. The van der Waals surface area contributed by atoms with Gasteiger partial charge in [-0.2, -0.15) is 5.26 Å². The number of rotatable bonds is 6. The highest BCUT2D eigenvalue weighted by molar-refractivity contribution is 7.92. The molecule has 0 spiro atoms. The van der Waals surface area contributed by atoms with Crippen LogP contribution in [0.1, 0.15) is 27.5 Å². The summed E-state index contributed by atoms with van der Waals surface area (Å²) in [6.07, 6.45) is 0. The first kappa shape index (κ1) is 21.0. The first-order valence-corrected chi connectivity index (χ1v) is 10.4. The largest absolute Gasteiger partial charge is 0.332 e. The second-order valence-corrected chi connectivity index (χ2v) is 8.24. The number of nitriles is 1. The van der Waals surface area contributed by atoms with Gasteiger partial charge in [0.15, 0.2) is 0 Å². The van der Waals surface area contributed by atoms with Crippen molar-refractivity contribution in [1.82, 2.24) is 5.32 Å². The van der Waals surface area contributed by atoms with Crippen molar-refractivity contribution in [3.05, 3.63) is 95.3 Å². The van der Waals surface area contributed by atoms with Gasteiger partial charge in [-0.05, 0) is 43.3 Å². The van der Waals surface area contributed by atoms with Gasteiger partial charge < -0.3 is 5.32 Å². The molecule has 152 valence electrons. The summed E-state index contributed by atoms with van der Waals surface area (Å²) in [7, 11) is -3.93. The van der Waals surface area contributed by atoms with Crippen LogP contribution in [0.4, 0.5) is 10.1 Å². The topological polar surface area (TPSA) is 99.1 Å². The minimum absolute atomic E-state index is 0.0261. The monoisotopic (exact) mass is 423 g/mol. The van der Waals surface area contributed by atoms with Gasteiger partial charge in [-0.1, -0.05) is 42.0 Å². The molecule has 2 N–H and O–H groups in total. The number of amides is 1. The quantitative estimate of drug-likeness (QED) is 0.627. The summed E-state index contributed by atoms with van der Waals surface area (Å²) < 4.78 is 41.7. The summed E-state index contributed by atoms with van der Waals surface area (Å²) in [5.41, 5.74) is 1.43. The lowest BCUT2D eigenvalue weighted by Gasteiger charge is -2.14. The number of halogens is 1. The van der Waals surface area contributed by atoms with Crippen LogP contribution in [0.5, 0.6) is 0 Å². The van der Waals surface area contributed by atoms with E-state index in [4.69, 9.17) is 0 Å². The first-order chi connectivity index (χ1) is 14.3. The first-order valence-electron chi connectivity index (χ1n) is 8.94. The highest BCUT2D eigenvalue weighted by Gasteiger charge is 2.20. The fourth-order valence-corrected chi connectivity index (χ4v) is 3.85. The van der Waals surface area contributed by atoms with E-state index in [1.807, 2.05) is 13.0 Å². The third-order valence-electron chi connectivity index (χ3n) is 4.33. The number of hydrogen-bond acceptors (Lipinski definition) is 4. The summed E-state index contributed by atoms with van der Waals surface area (Å²) in [6, 6.07) is 18.4. The molecule has 1 unspecified atom stereocenters. The van der Waals surface area contributed by atoms with Crippen LogP contribution in [-0.4, -0.2) is 14.3 Å². The van der Waals surface area contributed by atoms with Crippen molar-refractivity contribution in [2.24, 2.45) is 0 Å². The Balaban J connectivity index is 1.82. The Morgan fingerprint density at radius 1 is 1.03 bits per heavy atom. The Morgan fingerprint density at radius 2 is 1.73 bits per heavy atom. The molecule has 0 aliphatic heterocycles. The van der Waals surface area contributed by atoms with Gasteiger partial charge in [0.2, 0.25) is 0 Å². The maximum absolute atomic E-state index is 13.9. The van der Waals surface area contributed by atoms with Crippen molar-refractivity contribution in [2.75, 3.05) is 4.72 Å². The molecule has 0 aliphatic rings. The van der Waals surface area contributed by atoms with Gasteiger partial charge >= 0.3 is 0 Å². The van der Waals surface area contributed by atoms with Crippen LogP contribution in [0.2, 0.25) is 0 Å². The summed E-state index contributed by atoms with van der Waals surface area (Å²) in [6.45, 7) is 1.89. The molecule has 0 bridgehead atoms. The lowest BCUT2D eigenvalue weighted by molar-refractivity contribution is 0.0944. The van der Waals surface area contributed by atoms with Gasteiger partial charge in [0, 0.05) is 16.8 Å². The average Bonchev–Trinajstić information content (AvgIpc) is 2.74. The summed E-state index contributed by atoms with van der Waals surface area (Å²) >= 11 is 0. The Hall–Kier alpha value is -3.70. The molecule has 0 saturated heterocycles. The maximum Gasteiger partial charge on any atom is 0.261 e. The lowest BCUT2D eigenvalue weighted by Crippen LogP contribution is -2.28. The highest BCUT2D eigenvalue weighted by Crippen LogP contribution is 2.20. The molecule has 3 rings (SSSR count). The zero-order chi connectivity index (χ0) is 21.7. The number of nitrogens with one attached hydrogen (secondary N) is 2. The molecule has 6 nitrogen and oxygen atoms in total. The predicted octanol–water partition coefficient (Wildman–Crippen LogP) is 3.93. The van der Waals surface area contributed by atoms with Gasteiger partial charge in [0.05, 0.1) is 11.0 Å². The number of aryl methyl sites for hydroxylation is 1. The Labute approximate surface area is 174 Å². The van der Waals surface area contributed by atoms with Crippen LogP contribution >= 0.6 is 0 Å². The molecule has 1 amide bonds. The standard InChI is InChI=1S/C22H18FN3O3S/c1-15-9-11-17(12-10-15)26-30(28,29)18-6-4-5-16(13-18)22(27)25-21(14-24)19-7-2-3-8-20(19)23/h2-13,21,26H,1H3,(H,25,27). The van der Waals surface area contributed by atoms with E-state index >= 15 is 0 Å². The fraction of sp³-hybridized carbons (Fsp3) is 0.0909. The smallest absolute Gasteiger partial charge is 0.261 e. The van der Waals surface area contributed by atoms with E-state index in [9.17, 15) is 22.9 Å². The van der Waals surface area contributed by atoms with E-state index in [1.54, 1.807) is 30.3 Å². The molecule has 8 heteroatoms. The van der Waals surface area contributed by atoms with Crippen molar-refractivity contribution in [3.63, 3.8) is 0 Å². The fourth-order valence-electron chi connectivity index (χ4n) is 2.74. The molecule has 3 aromatic carbocycles. The normalized spacial score (nSPS) is 11.9. The van der Waals surface area contributed by atoms with Crippen LogP contribution in [0.25, 0.3) is 0 Å². The van der Waals surface area contributed by atoms with Crippen LogP contribution in [-0.2, 0) is 10.0 Å². The van der Waals surface area contributed by atoms with Gasteiger partial charge in [0.1, 0.15) is 11.9 Å². The summed E-state index contributed by atoms with van der Waals surface area (Å²) in [5, 5.41) is 11.7. The zero-order valence-corrected chi connectivity index (χ0v) is 16.8. The number of anilines is 1. The molecule has 0 aliphatic carbocycles. The van der Waals surface area contributed by atoms with Crippen molar-refractivity contribution in [2.45, 2.75) is 17.9 Å². The van der Waals surface area contributed by atoms with Crippen molar-refractivity contribution in [1.29, 1.82) is 5.26 Å². The van der Waals surface area contributed by atoms with Crippen LogP contribution in [0.15, 0.2) is 77.7 Å².